The summed E-state index contributed by atoms with van der Waals surface area (Å²) >= 11 is 11.7. The van der Waals surface area contributed by atoms with Crippen LogP contribution in [0.1, 0.15) is 21.5 Å². The van der Waals surface area contributed by atoms with Gasteiger partial charge in [-0.3, -0.25) is 4.79 Å². The number of halogens is 3. The zero-order valence-electron chi connectivity index (χ0n) is 11.4. The van der Waals surface area contributed by atoms with Crippen molar-refractivity contribution in [3.05, 3.63) is 70.0 Å². The van der Waals surface area contributed by atoms with Crippen LogP contribution in [-0.4, -0.2) is 17.9 Å². The summed E-state index contributed by atoms with van der Waals surface area (Å²) in [5.74, 6) is -0.290. The van der Waals surface area contributed by atoms with Gasteiger partial charge in [0.25, 0.3) is 5.91 Å². The van der Waals surface area contributed by atoms with Crippen LogP contribution in [0.15, 0.2) is 42.5 Å². The fraction of sp³-hybridized carbons (Fsp3) is 0.188. The Bertz CT molecular complexity index is 640. The average molecular weight is 326 g/mol. The lowest BCUT2D eigenvalue weighted by Gasteiger charge is -2.18. The van der Waals surface area contributed by atoms with Crippen LogP contribution < -0.4 is 0 Å². The van der Waals surface area contributed by atoms with E-state index in [1.807, 2.05) is 6.07 Å². The van der Waals surface area contributed by atoms with Gasteiger partial charge >= 0.3 is 0 Å². The van der Waals surface area contributed by atoms with Crippen molar-refractivity contribution >= 4 is 29.1 Å². The summed E-state index contributed by atoms with van der Waals surface area (Å²) in [5, 5.41) is 0.309. The highest BCUT2D eigenvalue weighted by molar-refractivity contribution is 6.31. The number of carbonyl (C=O) groups excluding carboxylic acids is 1. The van der Waals surface area contributed by atoms with Crippen molar-refractivity contribution in [2.75, 3.05) is 7.05 Å². The summed E-state index contributed by atoms with van der Waals surface area (Å²) in [5.41, 5.74) is 1.69. The highest BCUT2D eigenvalue weighted by Crippen LogP contribution is 2.21. The Morgan fingerprint density at radius 2 is 1.95 bits per heavy atom. The second-order valence-electron chi connectivity index (χ2n) is 4.70. The van der Waals surface area contributed by atoms with Crippen molar-refractivity contribution in [1.29, 1.82) is 0 Å². The van der Waals surface area contributed by atoms with Crippen molar-refractivity contribution in [3.8, 4) is 0 Å². The van der Waals surface area contributed by atoms with Gasteiger partial charge in [0.05, 0.1) is 0 Å². The van der Waals surface area contributed by atoms with Gasteiger partial charge in [-0.15, -0.1) is 11.6 Å². The Kier molecular flexibility index (Phi) is 5.21. The first-order chi connectivity index (χ1) is 10.0. The second kappa shape index (κ2) is 6.92. The minimum Gasteiger partial charge on any atom is -0.337 e. The molecule has 5 heteroatoms. The third kappa shape index (κ3) is 3.74. The first kappa shape index (κ1) is 15.8. The maximum atomic E-state index is 13.8. The lowest BCUT2D eigenvalue weighted by molar-refractivity contribution is 0.0784. The van der Waals surface area contributed by atoms with E-state index in [4.69, 9.17) is 23.2 Å². The summed E-state index contributed by atoms with van der Waals surface area (Å²) in [6.45, 7) is 0.107. The monoisotopic (exact) mass is 325 g/mol. The lowest BCUT2D eigenvalue weighted by atomic mass is 10.1. The summed E-state index contributed by atoms with van der Waals surface area (Å²) in [6.07, 6.45) is 0. The molecule has 2 aromatic carbocycles. The second-order valence-corrected chi connectivity index (χ2v) is 5.37. The molecule has 0 radical (unpaired) electrons. The van der Waals surface area contributed by atoms with Gasteiger partial charge in [0.15, 0.2) is 0 Å². The topological polar surface area (TPSA) is 20.3 Å². The van der Waals surface area contributed by atoms with Gasteiger partial charge in [-0.2, -0.15) is 0 Å². The molecular weight excluding hydrogens is 312 g/mol. The van der Waals surface area contributed by atoms with Crippen LogP contribution in [0.3, 0.4) is 0 Å². The number of benzene rings is 2. The van der Waals surface area contributed by atoms with E-state index in [1.165, 1.54) is 17.0 Å². The standard InChI is InChI=1S/C16H14Cl2FNO/c1-20(10-13-14(18)6-3-7-15(13)19)16(21)12-5-2-4-11(8-12)9-17/h2-8H,9-10H2,1H3. The number of nitrogens with zero attached hydrogens (tertiary/aromatic N) is 1. The molecule has 0 fully saturated rings. The largest absolute Gasteiger partial charge is 0.337 e. The Labute approximate surface area is 133 Å². The van der Waals surface area contributed by atoms with Crippen molar-refractivity contribution < 1.29 is 9.18 Å². The van der Waals surface area contributed by atoms with E-state index in [2.05, 4.69) is 0 Å². The van der Waals surface area contributed by atoms with E-state index in [9.17, 15) is 9.18 Å². The lowest BCUT2D eigenvalue weighted by Crippen LogP contribution is -2.26. The molecule has 2 nitrogen and oxygen atoms in total. The molecule has 0 heterocycles. The zero-order chi connectivity index (χ0) is 15.4. The van der Waals surface area contributed by atoms with Gasteiger partial charge in [-0.1, -0.05) is 29.8 Å². The smallest absolute Gasteiger partial charge is 0.253 e. The number of alkyl halides is 1. The molecule has 0 atom stereocenters. The minimum absolute atomic E-state index is 0.107. The quantitative estimate of drug-likeness (QED) is 0.758. The molecule has 0 spiro atoms. The van der Waals surface area contributed by atoms with Gasteiger partial charge < -0.3 is 4.90 Å². The maximum absolute atomic E-state index is 13.8. The Hall–Kier alpha value is -1.58. The predicted octanol–water partition coefficient (Wildman–Crippen LogP) is 4.49. The van der Waals surface area contributed by atoms with Crippen molar-refractivity contribution in [1.82, 2.24) is 4.90 Å². The van der Waals surface area contributed by atoms with Crippen LogP contribution in [0.5, 0.6) is 0 Å². The molecule has 0 saturated heterocycles. The fourth-order valence-electron chi connectivity index (χ4n) is 2.00. The molecule has 0 saturated carbocycles. The molecule has 0 N–H and O–H groups in total. The molecule has 0 aliphatic rings. The summed E-state index contributed by atoms with van der Waals surface area (Å²) in [6, 6.07) is 11.5. The molecule has 1 amide bonds. The maximum Gasteiger partial charge on any atom is 0.253 e. The highest BCUT2D eigenvalue weighted by atomic mass is 35.5. The van der Waals surface area contributed by atoms with E-state index < -0.39 is 5.82 Å². The number of carbonyl (C=O) groups is 1. The van der Waals surface area contributed by atoms with Gasteiger partial charge in [-0.05, 0) is 29.8 Å². The summed E-state index contributed by atoms with van der Waals surface area (Å²) in [7, 11) is 1.61. The van der Waals surface area contributed by atoms with Crippen LogP contribution in [0.25, 0.3) is 0 Å². The molecular formula is C16H14Cl2FNO. The van der Waals surface area contributed by atoms with Crippen molar-refractivity contribution in [2.24, 2.45) is 0 Å². The molecule has 110 valence electrons. The Morgan fingerprint density at radius 3 is 2.62 bits per heavy atom. The van der Waals surface area contributed by atoms with Gasteiger partial charge in [0.2, 0.25) is 0 Å². The first-order valence-electron chi connectivity index (χ1n) is 6.36. The molecule has 0 aliphatic heterocycles. The van der Waals surface area contributed by atoms with Crippen LogP contribution in [-0.2, 0) is 12.4 Å². The van der Waals surface area contributed by atoms with Crippen LogP contribution >= 0.6 is 23.2 Å². The SMILES string of the molecule is CN(Cc1c(F)cccc1Cl)C(=O)c1cccc(CCl)c1. The van der Waals surface area contributed by atoms with E-state index in [0.717, 1.165) is 5.56 Å². The molecule has 0 unspecified atom stereocenters. The van der Waals surface area contributed by atoms with Gasteiger partial charge in [-0.25, -0.2) is 4.39 Å². The average Bonchev–Trinajstić information content (AvgIpc) is 2.50. The molecule has 0 bridgehead atoms. The number of hydrogen-bond donors (Lipinski definition) is 0. The van der Waals surface area contributed by atoms with E-state index in [0.29, 0.717) is 22.0 Å². The van der Waals surface area contributed by atoms with Crippen molar-refractivity contribution in [3.63, 3.8) is 0 Å². The molecule has 21 heavy (non-hydrogen) atoms. The zero-order valence-corrected chi connectivity index (χ0v) is 13.0. The summed E-state index contributed by atoms with van der Waals surface area (Å²) < 4.78 is 13.8. The minimum atomic E-state index is -0.420. The molecule has 0 aromatic heterocycles. The van der Waals surface area contributed by atoms with Gasteiger partial charge in [0.1, 0.15) is 5.82 Å². The first-order valence-corrected chi connectivity index (χ1v) is 7.27. The molecule has 2 aromatic rings. The highest BCUT2D eigenvalue weighted by Gasteiger charge is 2.16. The van der Waals surface area contributed by atoms with E-state index in [-0.39, 0.29) is 12.5 Å². The van der Waals surface area contributed by atoms with Crippen LogP contribution in [0.2, 0.25) is 5.02 Å². The normalized spacial score (nSPS) is 10.5. The van der Waals surface area contributed by atoms with Crippen LogP contribution in [0, 0.1) is 5.82 Å². The number of hydrogen-bond acceptors (Lipinski definition) is 1. The number of rotatable bonds is 4. The molecule has 0 aliphatic carbocycles. The van der Waals surface area contributed by atoms with Crippen LogP contribution in [0.4, 0.5) is 4.39 Å². The Balaban J connectivity index is 2.19. The predicted molar refractivity (Wildman–Crippen MR) is 83.2 cm³/mol. The van der Waals surface area contributed by atoms with E-state index in [1.54, 1.807) is 31.3 Å². The Morgan fingerprint density at radius 1 is 1.24 bits per heavy atom. The van der Waals surface area contributed by atoms with Gasteiger partial charge in [0, 0.05) is 35.6 Å². The van der Waals surface area contributed by atoms with Crippen molar-refractivity contribution in [2.45, 2.75) is 12.4 Å². The third-order valence-corrected chi connectivity index (χ3v) is 3.79. The molecule has 2 rings (SSSR count). The third-order valence-electron chi connectivity index (χ3n) is 3.13. The van der Waals surface area contributed by atoms with E-state index >= 15 is 0 Å². The fourth-order valence-corrected chi connectivity index (χ4v) is 2.39. The summed E-state index contributed by atoms with van der Waals surface area (Å²) in [4.78, 5) is 13.8. The number of amides is 1.